The lowest BCUT2D eigenvalue weighted by Crippen LogP contribution is -2.09. The molecule has 0 saturated carbocycles. The van der Waals surface area contributed by atoms with Gasteiger partial charge < -0.3 is 9.30 Å². The van der Waals surface area contributed by atoms with Crippen LogP contribution in [0.4, 0.5) is 0 Å². The van der Waals surface area contributed by atoms with Gasteiger partial charge >= 0.3 is 0 Å². The number of hydrogen-bond donors (Lipinski definition) is 0. The molecule has 0 fully saturated rings. The molecule has 2 heteroatoms. The van der Waals surface area contributed by atoms with E-state index in [-0.39, 0.29) is 0 Å². The average Bonchev–Trinajstić information content (AvgIpc) is 3.14. The lowest BCUT2D eigenvalue weighted by molar-refractivity contribution is 0.415. The van der Waals surface area contributed by atoms with Crippen LogP contribution in [0.25, 0.3) is 33.5 Å². The molecule has 0 amide bonds. The Balaban J connectivity index is 1.79. The van der Waals surface area contributed by atoms with Crippen molar-refractivity contribution < 1.29 is 4.74 Å². The van der Waals surface area contributed by atoms with Crippen LogP contribution in [-0.4, -0.2) is 11.7 Å². The quantitative estimate of drug-likeness (QED) is 0.438. The second kappa shape index (κ2) is 6.48. The zero-order valence-corrected chi connectivity index (χ0v) is 15.4. The molecule has 0 aliphatic carbocycles. The van der Waals surface area contributed by atoms with Crippen LogP contribution in [0.2, 0.25) is 0 Å². The summed E-state index contributed by atoms with van der Waals surface area (Å²) in [5.41, 5.74) is 9.17. The van der Waals surface area contributed by atoms with Crippen molar-refractivity contribution in [2.75, 3.05) is 7.11 Å². The first-order valence-electron chi connectivity index (χ1n) is 9.36. The molecule has 0 atom stereocenters. The molecule has 0 bridgehead atoms. The van der Waals surface area contributed by atoms with E-state index in [2.05, 4.69) is 77.5 Å². The van der Waals surface area contributed by atoms with Crippen LogP contribution in [0.5, 0.6) is 5.75 Å². The summed E-state index contributed by atoms with van der Waals surface area (Å²) >= 11 is 0. The van der Waals surface area contributed by atoms with E-state index in [0.717, 1.165) is 18.7 Å². The third-order valence-corrected chi connectivity index (χ3v) is 5.44. The predicted molar refractivity (Wildman–Crippen MR) is 111 cm³/mol. The van der Waals surface area contributed by atoms with Gasteiger partial charge in [0, 0.05) is 29.4 Å². The molecule has 0 radical (unpaired) electrons. The minimum atomic E-state index is 0.884. The van der Waals surface area contributed by atoms with E-state index in [1.165, 1.54) is 39.1 Å². The van der Waals surface area contributed by atoms with Crippen LogP contribution >= 0.6 is 0 Å². The number of rotatable bonds is 3. The van der Waals surface area contributed by atoms with Crippen molar-refractivity contribution >= 4 is 0 Å². The predicted octanol–water partition coefficient (Wildman–Crippen LogP) is 6.05. The van der Waals surface area contributed by atoms with Crippen molar-refractivity contribution in [1.29, 1.82) is 0 Å². The molecule has 0 N–H and O–H groups in total. The molecule has 5 rings (SSSR count). The van der Waals surface area contributed by atoms with Gasteiger partial charge in [0.05, 0.1) is 12.8 Å². The van der Waals surface area contributed by atoms with E-state index in [1.807, 2.05) is 12.1 Å². The molecule has 132 valence electrons. The van der Waals surface area contributed by atoms with E-state index >= 15 is 0 Å². The molecule has 2 nitrogen and oxygen atoms in total. The highest BCUT2D eigenvalue weighted by molar-refractivity contribution is 5.95. The minimum absolute atomic E-state index is 0.884. The van der Waals surface area contributed by atoms with Crippen LogP contribution in [-0.2, 0) is 13.0 Å². The van der Waals surface area contributed by atoms with Gasteiger partial charge in [-0.25, -0.2) is 0 Å². The fraction of sp³-hybridized carbons (Fsp3) is 0.120. The second-order valence-corrected chi connectivity index (χ2v) is 6.96. The van der Waals surface area contributed by atoms with Gasteiger partial charge in [-0.3, -0.25) is 0 Å². The van der Waals surface area contributed by atoms with Crippen LogP contribution in [0, 0.1) is 0 Å². The molecule has 0 spiro atoms. The van der Waals surface area contributed by atoms with Crippen molar-refractivity contribution in [2.24, 2.45) is 0 Å². The fourth-order valence-corrected chi connectivity index (χ4v) is 4.12. The van der Waals surface area contributed by atoms with Crippen molar-refractivity contribution in [3.8, 4) is 39.3 Å². The molecule has 3 aromatic carbocycles. The minimum Gasteiger partial charge on any atom is -0.497 e. The van der Waals surface area contributed by atoms with Gasteiger partial charge in [0.25, 0.3) is 0 Å². The first-order valence-corrected chi connectivity index (χ1v) is 9.36. The number of fused-ring (bicyclic) bond motifs is 3. The first-order chi connectivity index (χ1) is 13.3. The maximum atomic E-state index is 5.34. The maximum Gasteiger partial charge on any atom is 0.118 e. The standard InChI is InChI=1S/C25H21NO/c1-27-21-13-11-19(12-14-21)23-17-26-16-15-18-7-5-6-10-22(18)25(26)24(23)20-8-3-2-4-9-20/h2-14,17H,15-16H2,1H3. The van der Waals surface area contributed by atoms with E-state index < -0.39 is 0 Å². The van der Waals surface area contributed by atoms with E-state index in [4.69, 9.17) is 4.74 Å². The molecule has 1 aliphatic rings. The fourth-order valence-electron chi connectivity index (χ4n) is 4.12. The maximum absolute atomic E-state index is 5.34. The third kappa shape index (κ3) is 2.65. The smallest absolute Gasteiger partial charge is 0.118 e. The first kappa shape index (κ1) is 16.0. The van der Waals surface area contributed by atoms with Gasteiger partial charge in [0.2, 0.25) is 0 Å². The average molecular weight is 351 g/mol. The van der Waals surface area contributed by atoms with Crippen molar-refractivity contribution in [3.63, 3.8) is 0 Å². The van der Waals surface area contributed by atoms with E-state index in [0.29, 0.717) is 0 Å². The largest absolute Gasteiger partial charge is 0.497 e. The van der Waals surface area contributed by atoms with Crippen LogP contribution in [0.3, 0.4) is 0 Å². The van der Waals surface area contributed by atoms with Crippen LogP contribution < -0.4 is 4.74 Å². The lowest BCUT2D eigenvalue weighted by Gasteiger charge is -2.21. The van der Waals surface area contributed by atoms with Crippen molar-refractivity contribution in [1.82, 2.24) is 4.57 Å². The molecule has 0 unspecified atom stereocenters. The Morgan fingerprint density at radius 2 is 1.48 bits per heavy atom. The van der Waals surface area contributed by atoms with E-state index in [1.54, 1.807) is 7.11 Å². The molecule has 4 aromatic rings. The van der Waals surface area contributed by atoms with Crippen molar-refractivity contribution in [2.45, 2.75) is 13.0 Å². The lowest BCUT2D eigenvalue weighted by atomic mass is 9.91. The monoisotopic (exact) mass is 351 g/mol. The number of hydrogen-bond acceptors (Lipinski definition) is 1. The number of ether oxygens (including phenoxy) is 1. The van der Waals surface area contributed by atoms with Gasteiger partial charge in [-0.15, -0.1) is 0 Å². The summed E-state index contributed by atoms with van der Waals surface area (Å²) in [6.45, 7) is 1.02. The van der Waals surface area contributed by atoms with Gasteiger partial charge in [-0.1, -0.05) is 66.7 Å². The Kier molecular flexibility index (Phi) is 3.83. The molecule has 2 heterocycles. The third-order valence-electron chi connectivity index (χ3n) is 5.44. The number of aryl methyl sites for hydroxylation is 2. The van der Waals surface area contributed by atoms with Gasteiger partial charge in [-0.05, 0) is 35.2 Å². The highest BCUT2D eigenvalue weighted by Gasteiger charge is 2.24. The molecule has 0 saturated heterocycles. The zero-order valence-electron chi connectivity index (χ0n) is 15.4. The Morgan fingerprint density at radius 3 is 2.26 bits per heavy atom. The number of nitrogens with zero attached hydrogens (tertiary/aromatic N) is 1. The summed E-state index contributed by atoms with van der Waals surface area (Å²) in [5, 5.41) is 0. The number of benzene rings is 3. The Bertz CT molecular complexity index is 1090. The second-order valence-electron chi connectivity index (χ2n) is 6.96. The Hall–Kier alpha value is -3.26. The van der Waals surface area contributed by atoms with E-state index in [9.17, 15) is 0 Å². The number of methoxy groups -OCH3 is 1. The Morgan fingerprint density at radius 1 is 0.741 bits per heavy atom. The molecular formula is C25H21NO. The summed E-state index contributed by atoms with van der Waals surface area (Å²) in [5.74, 6) is 0.884. The number of aromatic nitrogens is 1. The summed E-state index contributed by atoms with van der Waals surface area (Å²) in [6.07, 6.45) is 3.39. The molecule has 1 aromatic heterocycles. The normalized spacial score (nSPS) is 12.3. The summed E-state index contributed by atoms with van der Waals surface area (Å²) in [6, 6.07) is 27.9. The molecular weight excluding hydrogens is 330 g/mol. The summed E-state index contributed by atoms with van der Waals surface area (Å²) in [7, 11) is 1.71. The van der Waals surface area contributed by atoms with Gasteiger partial charge in [0.15, 0.2) is 0 Å². The van der Waals surface area contributed by atoms with Gasteiger partial charge in [0.1, 0.15) is 5.75 Å². The summed E-state index contributed by atoms with van der Waals surface area (Å²) in [4.78, 5) is 0. The SMILES string of the molecule is COc1ccc(-c2cn3c(c2-c2ccccc2)-c2ccccc2CC3)cc1. The topological polar surface area (TPSA) is 14.2 Å². The Labute approximate surface area is 159 Å². The highest BCUT2D eigenvalue weighted by Crippen LogP contribution is 2.44. The van der Waals surface area contributed by atoms with Crippen LogP contribution in [0.15, 0.2) is 85.1 Å². The zero-order chi connectivity index (χ0) is 18.2. The van der Waals surface area contributed by atoms with Crippen LogP contribution in [0.1, 0.15) is 5.56 Å². The van der Waals surface area contributed by atoms with Crippen molar-refractivity contribution in [3.05, 3.63) is 90.6 Å². The summed E-state index contributed by atoms with van der Waals surface area (Å²) < 4.78 is 7.76. The van der Waals surface area contributed by atoms with Gasteiger partial charge in [-0.2, -0.15) is 0 Å². The highest BCUT2D eigenvalue weighted by atomic mass is 16.5. The molecule has 27 heavy (non-hydrogen) atoms. The molecule has 1 aliphatic heterocycles.